The monoisotopic (exact) mass is 419 g/mol. The van der Waals surface area contributed by atoms with Crippen molar-refractivity contribution in [1.29, 1.82) is 0 Å². The van der Waals surface area contributed by atoms with E-state index in [2.05, 4.69) is 36.7 Å². The van der Waals surface area contributed by atoms with Crippen molar-refractivity contribution in [3.63, 3.8) is 0 Å². The zero-order valence-electron chi connectivity index (χ0n) is 18.9. The molecule has 2 bridgehead atoms. The van der Waals surface area contributed by atoms with Crippen LogP contribution in [0.25, 0.3) is 0 Å². The Morgan fingerprint density at radius 1 is 0.867 bits per heavy atom. The van der Waals surface area contributed by atoms with E-state index >= 15 is 0 Å². The van der Waals surface area contributed by atoms with E-state index in [-0.39, 0.29) is 0 Å². The highest BCUT2D eigenvalue weighted by molar-refractivity contribution is 5.80. The highest BCUT2D eigenvalue weighted by Gasteiger charge is 2.32. The van der Waals surface area contributed by atoms with Crippen molar-refractivity contribution < 1.29 is 4.79 Å². The van der Waals surface area contributed by atoms with Crippen LogP contribution in [-0.2, 0) is 4.79 Å². The molecule has 0 spiro atoms. The number of hydrogen-bond donors (Lipinski definition) is 1. The first kappa shape index (κ1) is 21.8. The summed E-state index contributed by atoms with van der Waals surface area (Å²) >= 11 is 0. The molecule has 1 atom stereocenters. The summed E-state index contributed by atoms with van der Waals surface area (Å²) in [4.78, 5) is 29.7. The minimum Gasteiger partial charge on any atom is -0.357 e. The molecular formula is C22H41N7O. The first-order valence-corrected chi connectivity index (χ1v) is 12.2. The van der Waals surface area contributed by atoms with Crippen LogP contribution in [-0.4, -0.2) is 134 Å². The average Bonchev–Trinajstić information content (AvgIpc) is 3.08. The topological polar surface area (TPSA) is 57.7 Å². The quantitative estimate of drug-likeness (QED) is 0.499. The van der Waals surface area contributed by atoms with Gasteiger partial charge in [0.1, 0.15) is 0 Å². The molecule has 0 aliphatic carbocycles. The molecule has 8 heteroatoms. The van der Waals surface area contributed by atoms with Gasteiger partial charge in [-0.1, -0.05) is 12.8 Å². The van der Waals surface area contributed by atoms with Crippen LogP contribution in [0.4, 0.5) is 0 Å². The lowest BCUT2D eigenvalue weighted by Crippen LogP contribution is -2.62. The Bertz CT molecular complexity index is 574. The van der Waals surface area contributed by atoms with E-state index in [0.29, 0.717) is 18.5 Å². The summed E-state index contributed by atoms with van der Waals surface area (Å²) in [6.07, 6.45) is 4.87. The zero-order chi connectivity index (χ0) is 20.8. The van der Waals surface area contributed by atoms with Crippen molar-refractivity contribution in [1.82, 2.24) is 29.8 Å². The van der Waals surface area contributed by atoms with Gasteiger partial charge in [-0.15, -0.1) is 0 Å². The van der Waals surface area contributed by atoms with Gasteiger partial charge in [-0.3, -0.25) is 24.5 Å². The number of guanidine groups is 1. The lowest BCUT2D eigenvalue weighted by Gasteiger charge is -2.47. The van der Waals surface area contributed by atoms with E-state index in [4.69, 9.17) is 4.99 Å². The predicted octanol–water partition coefficient (Wildman–Crippen LogP) is -0.0281. The number of carbonyl (C=O) groups excluding carboxylic acids is 1. The van der Waals surface area contributed by atoms with Crippen LogP contribution < -0.4 is 5.32 Å². The van der Waals surface area contributed by atoms with E-state index in [1.54, 1.807) is 0 Å². The van der Waals surface area contributed by atoms with E-state index < -0.39 is 0 Å². The summed E-state index contributed by atoms with van der Waals surface area (Å²) in [5.74, 6) is 1.37. The summed E-state index contributed by atoms with van der Waals surface area (Å²) in [5.41, 5.74) is 0. The summed E-state index contributed by atoms with van der Waals surface area (Å²) in [5, 5.41) is 3.50. The molecule has 0 aromatic heterocycles. The van der Waals surface area contributed by atoms with Crippen LogP contribution in [0.1, 0.15) is 32.6 Å². The van der Waals surface area contributed by atoms with Crippen LogP contribution in [0.2, 0.25) is 0 Å². The van der Waals surface area contributed by atoms with Crippen LogP contribution in [0.15, 0.2) is 4.99 Å². The van der Waals surface area contributed by atoms with Crippen LogP contribution in [0.3, 0.4) is 0 Å². The number of aliphatic imine (C=N–C) groups is 1. The van der Waals surface area contributed by atoms with E-state index in [9.17, 15) is 4.79 Å². The molecule has 1 unspecified atom stereocenters. The van der Waals surface area contributed by atoms with Crippen LogP contribution >= 0.6 is 0 Å². The molecule has 30 heavy (non-hydrogen) atoms. The molecule has 170 valence electrons. The Balaban J connectivity index is 1.25. The van der Waals surface area contributed by atoms with E-state index in [1.807, 2.05) is 0 Å². The molecule has 5 aliphatic rings. The van der Waals surface area contributed by atoms with Gasteiger partial charge in [0.2, 0.25) is 5.91 Å². The van der Waals surface area contributed by atoms with Gasteiger partial charge in [-0.05, 0) is 19.8 Å². The molecule has 5 saturated heterocycles. The number of piperazine rings is 4. The number of hydrogen-bond acceptors (Lipinski definition) is 5. The second-order valence-electron chi connectivity index (χ2n) is 9.24. The first-order valence-electron chi connectivity index (χ1n) is 12.2. The fraction of sp³-hybridized carbons (Fsp3) is 0.909. The summed E-state index contributed by atoms with van der Waals surface area (Å²) in [7, 11) is 0. The van der Waals surface area contributed by atoms with Gasteiger partial charge in [-0.25, -0.2) is 0 Å². The number of rotatable bonds is 5. The normalized spacial score (nSPS) is 31.0. The zero-order valence-corrected chi connectivity index (χ0v) is 18.9. The molecule has 5 rings (SSSR count). The Morgan fingerprint density at radius 2 is 1.57 bits per heavy atom. The highest BCUT2D eigenvalue weighted by Crippen LogP contribution is 2.16. The minimum atomic E-state index is 0.322. The summed E-state index contributed by atoms with van der Waals surface area (Å²) < 4.78 is 0. The maximum atomic E-state index is 12.7. The van der Waals surface area contributed by atoms with Gasteiger partial charge in [-0.2, -0.15) is 0 Å². The maximum Gasteiger partial charge on any atom is 0.236 e. The van der Waals surface area contributed by atoms with Gasteiger partial charge in [0.05, 0.1) is 13.1 Å². The Labute approximate surface area is 182 Å². The minimum absolute atomic E-state index is 0.322. The maximum absolute atomic E-state index is 12.7. The van der Waals surface area contributed by atoms with Crippen molar-refractivity contribution in [3.05, 3.63) is 0 Å². The largest absolute Gasteiger partial charge is 0.357 e. The molecule has 5 heterocycles. The molecule has 0 radical (unpaired) electrons. The number of amides is 1. The smallest absolute Gasteiger partial charge is 0.236 e. The van der Waals surface area contributed by atoms with Gasteiger partial charge in [0, 0.05) is 84.6 Å². The third-order valence-electron chi connectivity index (χ3n) is 7.17. The lowest BCUT2D eigenvalue weighted by atomic mass is 10.1. The van der Waals surface area contributed by atoms with Gasteiger partial charge < -0.3 is 15.1 Å². The van der Waals surface area contributed by atoms with Crippen molar-refractivity contribution in [2.24, 2.45) is 4.99 Å². The molecule has 0 aromatic rings. The Morgan fingerprint density at radius 3 is 2.17 bits per heavy atom. The summed E-state index contributed by atoms with van der Waals surface area (Å²) in [6.45, 7) is 16.2. The molecule has 0 aromatic carbocycles. The molecule has 8 nitrogen and oxygen atoms in total. The second-order valence-corrected chi connectivity index (χ2v) is 9.24. The molecule has 5 fully saturated rings. The molecule has 1 N–H and O–H groups in total. The molecule has 5 aliphatic heterocycles. The number of nitrogens with one attached hydrogen (secondary N) is 1. The number of fused-ring (bicyclic) bond motifs is 3. The molecule has 1 amide bonds. The van der Waals surface area contributed by atoms with Gasteiger partial charge >= 0.3 is 0 Å². The fourth-order valence-corrected chi connectivity index (χ4v) is 5.24. The third-order valence-corrected chi connectivity index (χ3v) is 7.17. The van der Waals surface area contributed by atoms with E-state index in [1.165, 1.54) is 39.0 Å². The van der Waals surface area contributed by atoms with E-state index in [0.717, 1.165) is 77.7 Å². The van der Waals surface area contributed by atoms with Gasteiger partial charge in [0.25, 0.3) is 0 Å². The Hall–Kier alpha value is -1.38. The van der Waals surface area contributed by atoms with Crippen molar-refractivity contribution in [3.8, 4) is 0 Å². The first-order chi connectivity index (χ1) is 14.7. The van der Waals surface area contributed by atoms with Crippen LogP contribution in [0.5, 0.6) is 0 Å². The van der Waals surface area contributed by atoms with Crippen LogP contribution in [0, 0.1) is 0 Å². The number of nitrogens with zero attached hydrogens (tertiary/aromatic N) is 6. The summed E-state index contributed by atoms with van der Waals surface area (Å²) in [6, 6.07) is 0.564. The third kappa shape index (κ3) is 5.65. The standard InChI is InChI=1S/C22H41N7O/c1-2-23-22(24-17-20-18-25-9-13-27(20)14-10-25)29-15-11-26(12-16-29)19-21(30)28-7-5-3-4-6-8-28/h20H,2-19H2,1H3,(H,23,24). The SMILES string of the molecule is CCNC(=NCC1CN2CCN1CC2)N1CCN(CC(=O)N2CCCCCC2)CC1. The van der Waals surface area contributed by atoms with Gasteiger partial charge in [0.15, 0.2) is 5.96 Å². The molecular weight excluding hydrogens is 378 g/mol. The number of likely N-dealkylation sites (tertiary alicyclic amines) is 1. The Kier molecular flexibility index (Phi) is 7.84. The van der Waals surface area contributed by atoms with Crippen molar-refractivity contribution in [2.75, 3.05) is 91.6 Å². The second kappa shape index (κ2) is 10.8. The fourth-order valence-electron chi connectivity index (χ4n) is 5.24. The number of carbonyl (C=O) groups is 1. The molecule has 0 saturated carbocycles. The predicted molar refractivity (Wildman–Crippen MR) is 121 cm³/mol. The van der Waals surface area contributed by atoms with Crippen molar-refractivity contribution in [2.45, 2.75) is 38.6 Å². The van der Waals surface area contributed by atoms with Crippen molar-refractivity contribution >= 4 is 11.9 Å². The average molecular weight is 420 g/mol. The lowest BCUT2D eigenvalue weighted by molar-refractivity contribution is -0.132. The highest BCUT2D eigenvalue weighted by atomic mass is 16.2.